The highest BCUT2D eigenvalue weighted by Crippen LogP contribution is 2.34. The number of phenolic OH excluding ortho intramolecular Hbond substituents is 1. The van der Waals surface area contributed by atoms with Crippen molar-refractivity contribution in [1.82, 2.24) is 5.43 Å². The number of carbonyl (C=O) groups is 1. The molecule has 2 aromatic carbocycles. The lowest BCUT2D eigenvalue weighted by Crippen LogP contribution is -2.18. The van der Waals surface area contributed by atoms with Gasteiger partial charge in [-0.05, 0) is 6.07 Å². The number of para-hydroxylation sites is 1. The number of hydrogen-bond donors (Lipinski definition) is 2. The second kappa shape index (κ2) is 7.64. The smallest absolute Gasteiger partial charge is 0.318 e. The number of nitro benzene ring substituents is 3. The van der Waals surface area contributed by atoms with Crippen LogP contribution in [0, 0.1) is 30.3 Å². The molecule has 0 atom stereocenters. The number of rotatable bonds is 6. The van der Waals surface area contributed by atoms with Crippen molar-refractivity contribution in [2.24, 2.45) is 5.10 Å². The average Bonchev–Trinajstić information content (AvgIpc) is 2.61. The molecule has 2 rings (SSSR count). The summed E-state index contributed by atoms with van der Waals surface area (Å²) in [4.78, 5) is 41.9. The van der Waals surface area contributed by atoms with Gasteiger partial charge in [-0.2, -0.15) is 5.10 Å². The molecule has 0 saturated carbocycles. The number of hydrazone groups is 1. The minimum absolute atomic E-state index is 0.0528. The van der Waals surface area contributed by atoms with Crippen molar-refractivity contribution in [3.05, 3.63) is 77.9 Å². The molecule has 13 nitrogen and oxygen atoms in total. The van der Waals surface area contributed by atoms with Gasteiger partial charge in [0.2, 0.25) is 5.75 Å². The molecule has 138 valence electrons. The Morgan fingerprint density at radius 2 is 1.63 bits per heavy atom. The van der Waals surface area contributed by atoms with Crippen molar-refractivity contribution in [3.63, 3.8) is 0 Å². The second-order valence-corrected chi connectivity index (χ2v) is 4.89. The molecule has 0 aliphatic carbocycles. The fourth-order valence-corrected chi connectivity index (χ4v) is 2.01. The van der Waals surface area contributed by atoms with Crippen molar-refractivity contribution in [1.29, 1.82) is 0 Å². The standard InChI is InChI=1S/C14H9N5O8/c20-13-10(5-9(17(22)23)6-12(13)19(26)27)14(21)16-15-7-8-3-1-2-4-11(8)18(24)25/h1-7,20H,(H,16,21)/b15-7+. The Bertz CT molecular complexity index is 987. The van der Waals surface area contributed by atoms with Gasteiger partial charge in [0, 0.05) is 12.1 Å². The summed E-state index contributed by atoms with van der Waals surface area (Å²) in [6.07, 6.45) is 0.943. The van der Waals surface area contributed by atoms with Gasteiger partial charge in [-0.15, -0.1) is 0 Å². The van der Waals surface area contributed by atoms with Crippen LogP contribution in [0.2, 0.25) is 0 Å². The Hall–Kier alpha value is -4.42. The molecular formula is C14H9N5O8. The summed E-state index contributed by atoms with van der Waals surface area (Å²) in [6.45, 7) is 0. The first-order valence-corrected chi connectivity index (χ1v) is 6.95. The Balaban J connectivity index is 2.32. The molecule has 0 fully saturated rings. The minimum Gasteiger partial charge on any atom is -0.502 e. The molecule has 0 heterocycles. The first kappa shape index (κ1) is 18.9. The lowest BCUT2D eigenvalue weighted by atomic mass is 10.1. The van der Waals surface area contributed by atoms with E-state index in [0.29, 0.717) is 12.1 Å². The quantitative estimate of drug-likeness (QED) is 0.434. The third-order valence-corrected chi connectivity index (χ3v) is 3.23. The zero-order chi connectivity index (χ0) is 20.1. The Morgan fingerprint density at radius 3 is 2.22 bits per heavy atom. The van der Waals surface area contributed by atoms with Gasteiger partial charge in [0.1, 0.15) is 0 Å². The van der Waals surface area contributed by atoms with Crippen molar-refractivity contribution < 1.29 is 24.7 Å². The van der Waals surface area contributed by atoms with Crippen LogP contribution in [0.4, 0.5) is 17.1 Å². The normalized spacial score (nSPS) is 10.5. The number of nitrogens with one attached hydrogen (secondary N) is 1. The molecule has 0 aromatic heterocycles. The van der Waals surface area contributed by atoms with Crippen LogP contribution in [0.25, 0.3) is 0 Å². The van der Waals surface area contributed by atoms with Crippen LogP contribution in [-0.2, 0) is 0 Å². The summed E-state index contributed by atoms with van der Waals surface area (Å²) in [5, 5.41) is 45.9. The summed E-state index contributed by atoms with van der Waals surface area (Å²) < 4.78 is 0. The largest absolute Gasteiger partial charge is 0.502 e. The van der Waals surface area contributed by atoms with Crippen LogP contribution in [0.15, 0.2) is 41.5 Å². The number of non-ortho nitro benzene ring substituents is 1. The highest BCUT2D eigenvalue weighted by Gasteiger charge is 2.27. The monoisotopic (exact) mass is 375 g/mol. The van der Waals surface area contributed by atoms with Crippen molar-refractivity contribution >= 4 is 29.2 Å². The summed E-state index contributed by atoms with van der Waals surface area (Å²) in [6, 6.07) is 6.61. The van der Waals surface area contributed by atoms with E-state index < -0.39 is 43.4 Å². The zero-order valence-corrected chi connectivity index (χ0v) is 13.1. The second-order valence-electron chi connectivity index (χ2n) is 4.89. The van der Waals surface area contributed by atoms with E-state index in [2.05, 4.69) is 5.10 Å². The Labute approximate surface area is 149 Å². The summed E-state index contributed by atoms with van der Waals surface area (Å²) in [5.41, 5.74) is -0.915. The van der Waals surface area contributed by atoms with E-state index in [1.807, 2.05) is 5.43 Å². The predicted molar refractivity (Wildman–Crippen MR) is 89.6 cm³/mol. The molecule has 0 spiro atoms. The average molecular weight is 375 g/mol. The van der Waals surface area contributed by atoms with Gasteiger partial charge in [-0.25, -0.2) is 5.43 Å². The lowest BCUT2D eigenvalue weighted by molar-refractivity contribution is -0.394. The van der Waals surface area contributed by atoms with Crippen LogP contribution in [0.3, 0.4) is 0 Å². The van der Waals surface area contributed by atoms with Crippen LogP contribution in [0.1, 0.15) is 15.9 Å². The number of aromatic hydroxyl groups is 1. The predicted octanol–water partition coefficient (Wildman–Crippen LogP) is 1.88. The first-order chi connectivity index (χ1) is 12.7. The van der Waals surface area contributed by atoms with Crippen molar-refractivity contribution in [3.8, 4) is 5.75 Å². The maximum Gasteiger partial charge on any atom is 0.318 e. The number of benzene rings is 2. The number of nitrogens with zero attached hydrogens (tertiary/aromatic N) is 4. The van der Waals surface area contributed by atoms with Crippen LogP contribution >= 0.6 is 0 Å². The van der Waals surface area contributed by atoms with E-state index in [-0.39, 0.29) is 11.3 Å². The topological polar surface area (TPSA) is 191 Å². The third kappa shape index (κ3) is 4.16. The lowest BCUT2D eigenvalue weighted by Gasteiger charge is -2.04. The molecule has 13 heteroatoms. The van der Waals surface area contributed by atoms with Gasteiger partial charge in [-0.1, -0.05) is 12.1 Å². The maximum atomic E-state index is 12.1. The fourth-order valence-electron chi connectivity index (χ4n) is 2.01. The zero-order valence-electron chi connectivity index (χ0n) is 13.1. The number of hydrogen-bond acceptors (Lipinski definition) is 9. The van der Waals surface area contributed by atoms with Gasteiger partial charge in [0.15, 0.2) is 0 Å². The van der Waals surface area contributed by atoms with E-state index >= 15 is 0 Å². The summed E-state index contributed by atoms with van der Waals surface area (Å²) >= 11 is 0. The van der Waals surface area contributed by atoms with Gasteiger partial charge < -0.3 is 5.11 Å². The number of amides is 1. The SMILES string of the molecule is O=C(N/N=C/c1ccccc1[N+](=O)[O-])c1cc([N+](=O)[O-])cc([N+](=O)[O-])c1O. The summed E-state index contributed by atoms with van der Waals surface area (Å²) in [5.74, 6) is -2.27. The Kier molecular flexibility index (Phi) is 5.35. The molecule has 0 radical (unpaired) electrons. The van der Waals surface area contributed by atoms with Gasteiger partial charge in [0.05, 0.1) is 38.2 Å². The highest BCUT2D eigenvalue weighted by molar-refractivity contribution is 5.99. The molecule has 2 aromatic rings. The third-order valence-electron chi connectivity index (χ3n) is 3.23. The molecule has 2 N–H and O–H groups in total. The van der Waals surface area contributed by atoms with Crippen LogP contribution in [-0.4, -0.2) is 32.0 Å². The Morgan fingerprint density at radius 1 is 1.00 bits per heavy atom. The fraction of sp³-hybridized carbons (Fsp3) is 0. The maximum absolute atomic E-state index is 12.1. The molecule has 1 amide bonds. The van der Waals surface area contributed by atoms with E-state index in [4.69, 9.17) is 0 Å². The van der Waals surface area contributed by atoms with Crippen LogP contribution < -0.4 is 5.43 Å². The minimum atomic E-state index is -1.19. The molecule has 27 heavy (non-hydrogen) atoms. The van der Waals surface area contributed by atoms with E-state index in [9.17, 15) is 40.2 Å². The number of nitro groups is 3. The number of phenols is 1. The molecular weight excluding hydrogens is 366 g/mol. The highest BCUT2D eigenvalue weighted by atomic mass is 16.6. The van der Waals surface area contributed by atoms with Gasteiger partial charge in [0.25, 0.3) is 17.3 Å². The van der Waals surface area contributed by atoms with Crippen LogP contribution in [0.5, 0.6) is 5.75 Å². The molecule has 0 bridgehead atoms. The van der Waals surface area contributed by atoms with E-state index in [1.165, 1.54) is 24.3 Å². The summed E-state index contributed by atoms with van der Waals surface area (Å²) in [7, 11) is 0. The van der Waals surface area contributed by atoms with E-state index in [1.54, 1.807) is 0 Å². The van der Waals surface area contributed by atoms with Crippen molar-refractivity contribution in [2.75, 3.05) is 0 Å². The molecule has 0 aliphatic heterocycles. The van der Waals surface area contributed by atoms with Gasteiger partial charge >= 0.3 is 5.69 Å². The van der Waals surface area contributed by atoms with E-state index in [0.717, 1.165) is 6.21 Å². The van der Waals surface area contributed by atoms with Gasteiger partial charge in [-0.3, -0.25) is 35.1 Å². The molecule has 0 aliphatic rings. The number of carbonyl (C=O) groups excluding carboxylic acids is 1. The molecule has 0 saturated heterocycles. The molecule has 0 unspecified atom stereocenters. The first-order valence-electron chi connectivity index (χ1n) is 6.95. The van der Waals surface area contributed by atoms with Crippen molar-refractivity contribution in [2.45, 2.75) is 0 Å².